The van der Waals surface area contributed by atoms with E-state index in [0.717, 1.165) is 13.0 Å². The van der Waals surface area contributed by atoms with Crippen LogP contribution in [-0.4, -0.2) is 86.7 Å². The summed E-state index contributed by atoms with van der Waals surface area (Å²) in [6, 6.07) is 1.62. The van der Waals surface area contributed by atoms with E-state index < -0.39 is 8.45 Å². The molecular weight excluding hydrogens is 501 g/mol. The summed E-state index contributed by atoms with van der Waals surface area (Å²) < 4.78 is 17.3. The summed E-state index contributed by atoms with van der Waals surface area (Å²) in [7, 11) is -0.883. The molecule has 220 valence electrons. The number of nitrogens with zero attached hydrogens (tertiary/aromatic N) is 3. The Labute approximate surface area is 235 Å². The van der Waals surface area contributed by atoms with E-state index in [0.29, 0.717) is 56.2 Å². The molecule has 0 amide bonds. The first-order valence-electron chi connectivity index (χ1n) is 14.6. The second-order valence-corrected chi connectivity index (χ2v) is 15.6. The molecule has 0 bridgehead atoms. The molecule has 1 rings (SSSR count). The lowest BCUT2D eigenvalue weighted by atomic mass is 9.79. The second-order valence-electron chi connectivity index (χ2n) is 12.8. The smallest absolute Gasteiger partial charge is 0.189 e. The van der Waals surface area contributed by atoms with Crippen LogP contribution < -0.4 is 0 Å². The lowest BCUT2D eigenvalue weighted by Crippen LogP contribution is -2.58. The molecule has 0 aromatic rings. The number of hydrogen-bond donors (Lipinski definition) is 0. The van der Waals surface area contributed by atoms with Gasteiger partial charge in [0.2, 0.25) is 0 Å². The summed E-state index contributed by atoms with van der Waals surface area (Å²) in [6.07, 6.45) is 5.34. The molecule has 0 saturated carbocycles. The van der Waals surface area contributed by atoms with Gasteiger partial charge in [0.25, 0.3) is 0 Å². The topological polar surface area (TPSA) is 45.3 Å². The Balaban J connectivity index is 2.39. The van der Waals surface area contributed by atoms with Crippen molar-refractivity contribution in [1.29, 1.82) is 0 Å². The maximum atomic E-state index is 12.4. The summed E-state index contributed by atoms with van der Waals surface area (Å²) in [5.41, 5.74) is 0.438. The number of piperidine rings is 1. The van der Waals surface area contributed by atoms with Gasteiger partial charge in [-0.1, -0.05) is 11.8 Å². The number of ether oxygens (including phenoxy) is 1. The first kappa shape index (κ1) is 35.3. The van der Waals surface area contributed by atoms with Gasteiger partial charge in [-0.05, 0) is 115 Å². The van der Waals surface area contributed by atoms with Crippen molar-refractivity contribution in [2.45, 2.75) is 150 Å². The van der Waals surface area contributed by atoms with Crippen molar-refractivity contribution in [3.8, 4) is 0 Å². The Morgan fingerprint density at radius 3 is 1.78 bits per heavy atom. The number of carbonyl (C=O) groups excluding carboxylic acids is 1. The zero-order valence-electron chi connectivity index (χ0n) is 26.3. The molecular formula is C29H60N3O3PS. The van der Waals surface area contributed by atoms with Gasteiger partial charge in [0.1, 0.15) is 0 Å². The van der Waals surface area contributed by atoms with Gasteiger partial charge in [-0.2, -0.15) is 0 Å². The average molecular weight is 562 g/mol. The third kappa shape index (κ3) is 11.7. The normalized spacial score (nSPS) is 18.5. The third-order valence-corrected chi connectivity index (χ3v) is 11.2. The number of thioether (sulfide) groups is 1. The Hall–Kier alpha value is 0.250. The lowest BCUT2D eigenvalue weighted by Gasteiger charge is -2.53. The highest BCUT2D eigenvalue weighted by Gasteiger charge is 2.40. The summed E-state index contributed by atoms with van der Waals surface area (Å²) in [5.74, 6) is 0.711. The first-order valence-corrected chi connectivity index (χ1v) is 16.8. The minimum atomic E-state index is -0.883. The summed E-state index contributed by atoms with van der Waals surface area (Å²) >= 11 is 1.42. The Kier molecular flexibility index (Phi) is 15.7. The van der Waals surface area contributed by atoms with Gasteiger partial charge >= 0.3 is 0 Å². The molecule has 1 aliphatic heterocycles. The highest BCUT2D eigenvalue weighted by molar-refractivity contribution is 8.13. The van der Waals surface area contributed by atoms with Crippen molar-refractivity contribution < 1.29 is 14.1 Å². The van der Waals surface area contributed by atoms with Gasteiger partial charge in [-0.3, -0.25) is 9.69 Å². The maximum Gasteiger partial charge on any atom is 0.189 e. The average Bonchev–Trinajstić information content (AvgIpc) is 2.73. The molecule has 6 nitrogen and oxygen atoms in total. The standard InChI is InChI=1S/C29H60N3O3PS/c1-23(2)31(24(3)4)36(32(25(5)6)26(7)8)35-20-19-34-21-22-37-27(33)15-13-18-30-28(9,10)16-14-17-29(30,11)12/h23-26H,13-22H2,1-12H3. The highest BCUT2D eigenvalue weighted by atomic mass is 32.2. The molecule has 8 heteroatoms. The molecule has 0 aliphatic carbocycles. The fourth-order valence-electron chi connectivity index (χ4n) is 5.83. The predicted molar refractivity (Wildman–Crippen MR) is 163 cm³/mol. The first-order chi connectivity index (χ1) is 17.1. The zero-order valence-corrected chi connectivity index (χ0v) is 28.0. The molecule has 0 atom stereocenters. The third-order valence-electron chi connectivity index (χ3n) is 7.24. The summed E-state index contributed by atoms with van der Waals surface area (Å²) in [5, 5.41) is 0.282. The molecule has 0 radical (unpaired) electrons. The number of rotatable bonds is 17. The van der Waals surface area contributed by atoms with E-state index in [-0.39, 0.29) is 16.2 Å². The number of hydrogen-bond acceptors (Lipinski definition) is 7. The molecule has 0 aromatic heterocycles. The van der Waals surface area contributed by atoms with E-state index in [4.69, 9.17) is 9.26 Å². The van der Waals surface area contributed by atoms with Crippen LogP contribution in [0.4, 0.5) is 0 Å². The monoisotopic (exact) mass is 561 g/mol. The van der Waals surface area contributed by atoms with Crippen LogP contribution in [0.1, 0.15) is 115 Å². The quantitative estimate of drug-likeness (QED) is 0.134. The van der Waals surface area contributed by atoms with E-state index in [9.17, 15) is 4.79 Å². The Morgan fingerprint density at radius 1 is 0.838 bits per heavy atom. The molecule has 1 heterocycles. The molecule has 0 aromatic carbocycles. The molecule has 1 saturated heterocycles. The van der Waals surface area contributed by atoms with Crippen molar-refractivity contribution in [1.82, 2.24) is 14.2 Å². The molecule has 0 spiro atoms. The van der Waals surface area contributed by atoms with Gasteiger partial charge in [0, 0.05) is 47.4 Å². The van der Waals surface area contributed by atoms with Crippen LogP contribution in [0.15, 0.2) is 0 Å². The second kappa shape index (κ2) is 16.5. The SMILES string of the molecule is CC(C)N(C(C)C)P(OCCOCCSC(=O)CCCN1C(C)(C)CCCC1(C)C)N(C(C)C)C(C)C. The maximum absolute atomic E-state index is 12.4. The van der Waals surface area contributed by atoms with Gasteiger partial charge in [-0.15, -0.1) is 0 Å². The van der Waals surface area contributed by atoms with E-state index in [1.54, 1.807) is 0 Å². The molecule has 0 unspecified atom stereocenters. The molecule has 0 N–H and O–H groups in total. The van der Waals surface area contributed by atoms with Crippen LogP contribution in [0.25, 0.3) is 0 Å². The Morgan fingerprint density at radius 2 is 1.32 bits per heavy atom. The molecule has 1 fully saturated rings. The van der Waals surface area contributed by atoms with Crippen molar-refractivity contribution in [2.75, 3.05) is 32.1 Å². The van der Waals surface area contributed by atoms with Gasteiger partial charge in [0.05, 0.1) is 19.8 Å². The minimum Gasteiger partial charge on any atom is -0.378 e. The van der Waals surface area contributed by atoms with Crippen LogP contribution in [0.5, 0.6) is 0 Å². The van der Waals surface area contributed by atoms with Crippen LogP contribution in [0.3, 0.4) is 0 Å². The fraction of sp³-hybridized carbons (Fsp3) is 0.966. The van der Waals surface area contributed by atoms with Crippen molar-refractivity contribution in [3.05, 3.63) is 0 Å². The van der Waals surface area contributed by atoms with Crippen LogP contribution >= 0.6 is 20.2 Å². The van der Waals surface area contributed by atoms with E-state index in [1.807, 2.05) is 0 Å². The van der Waals surface area contributed by atoms with Crippen molar-refractivity contribution in [3.63, 3.8) is 0 Å². The fourth-order valence-corrected chi connectivity index (χ4v) is 8.87. The summed E-state index contributed by atoms with van der Waals surface area (Å²) in [6.45, 7) is 30.1. The van der Waals surface area contributed by atoms with Crippen molar-refractivity contribution in [2.24, 2.45) is 0 Å². The van der Waals surface area contributed by atoms with E-state index >= 15 is 0 Å². The largest absolute Gasteiger partial charge is 0.378 e. The number of carbonyl (C=O) groups is 1. The zero-order chi connectivity index (χ0) is 28.4. The highest BCUT2D eigenvalue weighted by Crippen LogP contribution is 2.50. The Bertz CT molecular complexity index is 606. The lowest BCUT2D eigenvalue weighted by molar-refractivity contribution is -0.111. The predicted octanol–water partition coefficient (Wildman–Crippen LogP) is 7.57. The number of likely N-dealkylation sites (tertiary alicyclic amines) is 1. The van der Waals surface area contributed by atoms with Crippen LogP contribution in [-0.2, 0) is 14.1 Å². The summed E-state index contributed by atoms with van der Waals surface area (Å²) in [4.78, 5) is 15.1. The van der Waals surface area contributed by atoms with Gasteiger partial charge < -0.3 is 9.26 Å². The van der Waals surface area contributed by atoms with E-state index in [1.165, 1.54) is 31.0 Å². The molecule has 1 aliphatic rings. The minimum absolute atomic E-state index is 0.219. The van der Waals surface area contributed by atoms with Crippen LogP contribution in [0, 0.1) is 0 Å². The van der Waals surface area contributed by atoms with Gasteiger partial charge in [0.15, 0.2) is 13.6 Å². The van der Waals surface area contributed by atoms with Crippen LogP contribution in [0.2, 0.25) is 0 Å². The van der Waals surface area contributed by atoms with Crippen molar-refractivity contribution >= 4 is 25.3 Å². The van der Waals surface area contributed by atoms with E-state index in [2.05, 4.69) is 97.3 Å². The van der Waals surface area contributed by atoms with Gasteiger partial charge in [-0.25, -0.2) is 9.34 Å². The molecule has 37 heavy (non-hydrogen) atoms.